The molecule has 1 unspecified atom stereocenters. The molecular weight excluding hydrogens is 214 g/mol. The SMILES string of the molecule is CCC(C)(CO)CN(C)c1ccc(OC)cc1. The van der Waals surface area contributed by atoms with E-state index in [9.17, 15) is 5.11 Å². The molecule has 3 nitrogen and oxygen atoms in total. The average molecular weight is 237 g/mol. The lowest BCUT2D eigenvalue weighted by atomic mass is 9.88. The number of hydrogen-bond donors (Lipinski definition) is 1. The minimum absolute atomic E-state index is 0.0469. The Labute approximate surface area is 104 Å². The largest absolute Gasteiger partial charge is 0.497 e. The zero-order valence-corrected chi connectivity index (χ0v) is 11.2. The summed E-state index contributed by atoms with van der Waals surface area (Å²) in [5, 5.41) is 9.42. The first-order valence-corrected chi connectivity index (χ1v) is 6.00. The number of benzene rings is 1. The Morgan fingerprint density at radius 3 is 2.29 bits per heavy atom. The van der Waals surface area contributed by atoms with Crippen LogP contribution in [0.2, 0.25) is 0 Å². The van der Waals surface area contributed by atoms with Crippen LogP contribution in [0.15, 0.2) is 24.3 Å². The van der Waals surface area contributed by atoms with Crippen molar-refractivity contribution in [3.8, 4) is 5.75 Å². The molecule has 0 heterocycles. The van der Waals surface area contributed by atoms with E-state index in [4.69, 9.17) is 4.74 Å². The van der Waals surface area contributed by atoms with Gasteiger partial charge in [-0.1, -0.05) is 13.8 Å². The van der Waals surface area contributed by atoms with E-state index < -0.39 is 0 Å². The quantitative estimate of drug-likeness (QED) is 0.825. The lowest BCUT2D eigenvalue weighted by Crippen LogP contribution is -2.35. The zero-order valence-electron chi connectivity index (χ0n) is 11.2. The van der Waals surface area contributed by atoms with Crippen molar-refractivity contribution in [1.82, 2.24) is 0 Å². The Bertz CT molecular complexity index is 331. The molecule has 0 bridgehead atoms. The van der Waals surface area contributed by atoms with Gasteiger partial charge in [0.25, 0.3) is 0 Å². The Morgan fingerprint density at radius 2 is 1.88 bits per heavy atom. The van der Waals surface area contributed by atoms with Crippen LogP contribution in [0, 0.1) is 5.41 Å². The Balaban J connectivity index is 2.71. The molecule has 0 amide bonds. The van der Waals surface area contributed by atoms with Crippen molar-refractivity contribution in [2.75, 3.05) is 32.2 Å². The summed E-state index contributed by atoms with van der Waals surface area (Å²) in [4.78, 5) is 2.17. The van der Waals surface area contributed by atoms with Crippen molar-refractivity contribution < 1.29 is 9.84 Å². The van der Waals surface area contributed by atoms with Crippen LogP contribution in [0.3, 0.4) is 0 Å². The summed E-state index contributed by atoms with van der Waals surface area (Å²) in [6.45, 7) is 5.27. The molecule has 0 saturated heterocycles. The number of aliphatic hydroxyl groups excluding tert-OH is 1. The maximum atomic E-state index is 9.42. The first-order valence-electron chi connectivity index (χ1n) is 6.00. The topological polar surface area (TPSA) is 32.7 Å². The van der Waals surface area contributed by atoms with E-state index in [1.165, 1.54) is 0 Å². The first kappa shape index (κ1) is 13.8. The van der Waals surface area contributed by atoms with Crippen molar-refractivity contribution in [1.29, 1.82) is 0 Å². The predicted octanol–water partition coefficient (Wildman–Crippen LogP) is 2.54. The highest BCUT2D eigenvalue weighted by Crippen LogP contribution is 2.25. The van der Waals surface area contributed by atoms with Gasteiger partial charge >= 0.3 is 0 Å². The van der Waals surface area contributed by atoms with Crippen molar-refractivity contribution in [3.05, 3.63) is 24.3 Å². The first-order chi connectivity index (χ1) is 8.04. The van der Waals surface area contributed by atoms with Gasteiger partial charge in [-0.15, -0.1) is 0 Å². The lowest BCUT2D eigenvalue weighted by molar-refractivity contribution is 0.144. The zero-order chi connectivity index (χ0) is 12.9. The summed E-state index contributed by atoms with van der Waals surface area (Å²) in [7, 11) is 3.71. The highest BCUT2D eigenvalue weighted by atomic mass is 16.5. The molecule has 1 aromatic rings. The highest BCUT2D eigenvalue weighted by molar-refractivity contribution is 5.48. The highest BCUT2D eigenvalue weighted by Gasteiger charge is 2.23. The molecule has 3 heteroatoms. The van der Waals surface area contributed by atoms with Gasteiger partial charge in [-0.2, -0.15) is 0 Å². The van der Waals surface area contributed by atoms with Gasteiger partial charge in [-0.25, -0.2) is 0 Å². The molecule has 1 rings (SSSR count). The van der Waals surface area contributed by atoms with Gasteiger partial charge < -0.3 is 14.7 Å². The van der Waals surface area contributed by atoms with Crippen molar-refractivity contribution in [2.24, 2.45) is 5.41 Å². The van der Waals surface area contributed by atoms with Gasteiger partial charge in [0.2, 0.25) is 0 Å². The molecule has 0 aromatic heterocycles. The van der Waals surface area contributed by atoms with Crippen LogP contribution >= 0.6 is 0 Å². The summed E-state index contributed by atoms with van der Waals surface area (Å²) < 4.78 is 5.13. The molecule has 0 aliphatic heterocycles. The molecule has 0 aliphatic carbocycles. The summed E-state index contributed by atoms with van der Waals surface area (Å²) >= 11 is 0. The molecule has 0 aliphatic rings. The third kappa shape index (κ3) is 3.63. The average Bonchev–Trinajstić information content (AvgIpc) is 2.38. The van der Waals surface area contributed by atoms with E-state index >= 15 is 0 Å². The maximum absolute atomic E-state index is 9.42. The molecule has 0 saturated carbocycles. The summed E-state index contributed by atoms with van der Waals surface area (Å²) in [5.41, 5.74) is 1.09. The minimum Gasteiger partial charge on any atom is -0.497 e. The van der Waals surface area contributed by atoms with Crippen LogP contribution in [0.25, 0.3) is 0 Å². The van der Waals surface area contributed by atoms with E-state index in [1.54, 1.807) is 7.11 Å². The summed E-state index contributed by atoms with van der Waals surface area (Å²) in [5.74, 6) is 0.863. The molecule has 0 spiro atoms. The van der Waals surface area contributed by atoms with Crippen molar-refractivity contribution >= 4 is 5.69 Å². The van der Waals surface area contributed by atoms with E-state index in [-0.39, 0.29) is 12.0 Å². The number of ether oxygens (including phenoxy) is 1. The Kier molecular flexibility index (Phi) is 4.82. The fourth-order valence-electron chi connectivity index (χ4n) is 1.77. The van der Waals surface area contributed by atoms with Crippen molar-refractivity contribution in [3.63, 3.8) is 0 Å². The second kappa shape index (κ2) is 5.92. The Morgan fingerprint density at radius 1 is 1.29 bits per heavy atom. The molecule has 96 valence electrons. The number of methoxy groups -OCH3 is 1. The van der Waals surface area contributed by atoms with Gasteiger partial charge in [0.1, 0.15) is 5.75 Å². The van der Waals surface area contributed by atoms with Gasteiger partial charge in [0.15, 0.2) is 0 Å². The predicted molar refractivity (Wildman–Crippen MR) is 71.7 cm³/mol. The number of nitrogens with zero attached hydrogens (tertiary/aromatic N) is 1. The smallest absolute Gasteiger partial charge is 0.119 e. The second-order valence-corrected chi connectivity index (χ2v) is 4.88. The number of hydrogen-bond acceptors (Lipinski definition) is 3. The molecule has 0 radical (unpaired) electrons. The Hall–Kier alpha value is -1.22. The van der Waals surface area contributed by atoms with E-state index in [2.05, 4.69) is 18.7 Å². The van der Waals surface area contributed by atoms with Crippen LogP contribution in [0.4, 0.5) is 5.69 Å². The van der Waals surface area contributed by atoms with E-state index in [1.807, 2.05) is 31.3 Å². The normalized spacial score (nSPS) is 14.2. The van der Waals surface area contributed by atoms with Gasteiger partial charge in [-0.3, -0.25) is 0 Å². The third-order valence-electron chi connectivity index (χ3n) is 3.37. The molecule has 1 atom stereocenters. The molecule has 17 heavy (non-hydrogen) atoms. The fourth-order valence-corrected chi connectivity index (χ4v) is 1.77. The van der Waals surface area contributed by atoms with Crippen LogP contribution < -0.4 is 9.64 Å². The van der Waals surface area contributed by atoms with Gasteiger partial charge in [0.05, 0.1) is 13.7 Å². The molecule has 1 aromatic carbocycles. The molecular formula is C14H23NO2. The number of rotatable bonds is 6. The molecule has 1 N–H and O–H groups in total. The van der Waals surface area contributed by atoms with Crippen LogP contribution in [0.5, 0.6) is 5.75 Å². The standard InChI is InChI=1S/C14H23NO2/c1-5-14(2,11-16)10-15(3)12-6-8-13(17-4)9-7-12/h6-9,16H,5,10-11H2,1-4H3. The van der Waals surface area contributed by atoms with Gasteiger partial charge in [0, 0.05) is 24.7 Å². The van der Waals surface area contributed by atoms with Crippen molar-refractivity contribution in [2.45, 2.75) is 20.3 Å². The molecule has 0 fully saturated rings. The van der Waals surface area contributed by atoms with Crippen LogP contribution in [-0.4, -0.2) is 32.4 Å². The van der Waals surface area contributed by atoms with E-state index in [0.29, 0.717) is 0 Å². The third-order valence-corrected chi connectivity index (χ3v) is 3.37. The number of anilines is 1. The summed E-state index contributed by atoms with van der Waals surface area (Å²) in [6, 6.07) is 7.97. The van der Waals surface area contributed by atoms with Crippen LogP contribution in [-0.2, 0) is 0 Å². The monoisotopic (exact) mass is 237 g/mol. The number of aliphatic hydroxyl groups is 1. The van der Waals surface area contributed by atoms with Crippen LogP contribution in [0.1, 0.15) is 20.3 Å². The fraction of sp³-hybridized carbons (Fsp3) is 0.571. The van der Waals surface area contributed by atoms with E-state index in [0.717, 1.165) is 24.4 Å². The maximum Gasteiger partial charge on any atom is 0.119 e. The minimum atomic E-state index is -0.0469. The lowest BCUT2D eigenvalue weighted by Gasteiger charge is -2.32. The second-order valence-electron chi connectivity index (χ2n) is 4.88. The summed E-state index contributed by atoms with van der Waals surface area (Å²) in [6.07, 6.45) is 0.962. The van der Waals surface area contributed by atoms with Gasteiger partial charge in [-0.05, 0) is 30.7 Å².